The van der Waals surface area contributed by atoms with Gasteiger partial charge in [0.1, 0.15) is 4.88 Å². The predicted molar refractivity (Wildman–Crippen MR) is 66.1 cm³/mol. The van der Waals surface area contributed by atoms with Gasteiger partial charge in [0, 0.05) is 20.0 Å². The smallest absolute Gasteiger partial charge is 0.358 e. The van der Waals surface area contributed by atoms with Crippen LogP contribution in [0.2, 0.25) is 0 Å². The average molecular weight is 269 g/mol. The predicted octanol–water partition coefficient (Wildman–Crippen LogP) is 1.85. The first-order valence-electron chi connectivity index (χ1n) is 5.82. The molecule has 1 aliphatic heterocycles. The molecule has 1 aromatic heterocycles. The van der Waals surface area contributed by atoms with E-state index in [0.29, 0.717) is 11.3 Å². The molecule has 1 saturated heterocycles. The molecule has 1 fully saturated rings. The van der Waals surface area contributed by atoms with Crippen LogP contribution in [0.1, 0.15) is 44.9 Å². The monoisotopic (exact) mass is 269 g/mol. The molecule has 1 aromatic rings. The van der Waals surface area contributed by atoms with Crippen LogP contribution < -0.4 is 0 Å². The van der Waals surface area contributed by atoms with Crippen LogP contribution in [0, 0.1) is 0 Å². The number of carbonyl (C=O) groups is 2. The van der Waals surface area contributed by atoms with E-state index in [9.17, 15) is 9.59 Å². The minimum Gasteiger partial charge on any atom is -0.464 e. The Bertz CT molecular complexity index is 463. The number of hydrogen-bond acceptors (Lipinski definition) is 6. The van der Waals surface area contributed by atoms with Crippen molar-refractivity contribution in [3.05, 3.63) is 15.6 Å². The van der Waals surface area contributed by atoms with Crippen LogP contribution in [0.25, 0.3) is 0 Å². The van der Waals surface area contributed by atoms with Crippen molar-refractivity contribution in [3.8, 4) is 0 Å². The van der Waals surface area contributed by atoms with E-state index in [1.54, 1.807) is 0 Å². The summed E-state index contributed by atoms with van der Waals surface area (Å²) in [7, 11) is 1.28. The molecule has 0 saturated carbocycles. The number of methoxy groups -OCH3 is 1. The Kier molecular flexibility index (Phi) is 4.08. The van der Waals surface area contributed by atoms with Gasteiger partial charge in [0.2, 0.25) is 0 Å². The molecular weight excluding hydrogens is 254 g/mol. The first-order valence-corrected chi connectivity index (χ1v) is 6.64. The van der Waals surface area contributed by atoms with Gasteiger partial charge in [0.15, 0.2) is 11.5 Å². The molecule has 1 atom stereocenters. The number of nitrogens with zero attached hydrogens (tertiary/aromatic N) is 1. The van der Waals surface area contributed by atoms with E-state index in [2.05, 4.69) is 9.72 Å². The van der Waals surface area contributed by atoms with Crippen LogP contribution in [-0.4, -0.2) is 36.6 Å². The van der Waals surface area contributed by atoms with Crippen LogP contribution in [0.5, 0.6) is 0 Å². The third-order valence-electron chi connectivity index (χ3n) is 2.80. The van der Waals surface area contributed by atoms with Crippen molar-refractivity contribution >= 4 is 23.1 Å². The van der Waals surface area contributed by atoms with Gasteiger partial charge in [-0.1, -0.05) is 0 Å². The summed E-state index contributed by atoms with van der Waals surface area (Å²) in [5, 5.41) is 0.757. The number of carbonyl (C=O) groups excluding carboxylic acids is 2. The zero-order valence-electron chi connectivity index (χ0n) is 10.4. The van der Waals surface area contributed by atoms with Crippen molar-refractivity contribution in [2.24, 2.45) is 0 Å². The fourth-order valence-electron chi connectivity index (χ4n) is 1.93. The number of ketones is 1. The molecular formula is C12H15NO4S. The maximum Gasteiger partial charge on any atom is 0.358 e. The fraction of sp³-hybridized carbons (Fsp3) is 0.583. The highest BCUT2D eigenvalue weighted by molar-refractivity contribution is 7.14. The second-order valence-electron chi connectivity index (χ2n) is 4.17. The molecule has 2 rings (SSSR count). The fourth-order valence-corrected chi connectivity index (χ4v) is 2.94. The molecule has 0 N–H and O–H groups in total. The lowest BCUT2D eigenvalue weighted by molar-refractivity contribution is 0.0591. The Morgan fingerprint density at radius 1 is 1.56 bits per heavy atom. The molecule has 0 radical (unpaired) electrons. The summed E-state index contributed by atoms with van der Waals surface area (Å²) in [6.07, 6.45) is 2.87. The molecule has 98 valence electrons. The van der Waals surface area contributed by atoms with Gasteiger partial charge in [-0.2, -0.15) is 0 Å². The Labute approximate surface area is 109 Å². The number of rotatable bonds is 4. The lowest BCUT2D eigenvalue weighted by Gasteiger charge is -2.05. The van der Waals surface area contributed by atoms with E-state index in [-0.39, 0.29) is 17.6 Å². The van der Waals surface area contributed by atoms with Gasteiger partial charge in [0.25, 0.3) is 0 Å². The molecule has 5 nitrogen and oxygen atoms in total. The van der Waals surface area contributed by atoms with Crippen molar-refractivity contribution < 1.29 is 19.1 Å². The zero-order chi connectivity index (χ0) is 13.1. The van der Waals surface area contributed by atoms with E-state index >= 15 is 0 Å². The summed E-state index contributed by atoms with van der Waals surface area (Å²) in [4.78, 5) is 27.6. The van der Waals surface area contributed by atoms with Gasteiger partial charge in [-0.3, -0.25) is 4.79 Å². The highest BCUT2D eigenvalue weighted by atomic mass is 32.1. The Hall–Kier alpha value is -1.27. The summed E-state index contributed by atoms with van der Waals surface area (Å²) in [5.74, 6) is -0.721. The lowest BCUT2D eigenvalue weighted by Crippen LogP contribution is -2.10. The standard InChI is InChI=1S/C12H15NO4S/c1-7(14)11-10(12(15)16-2)13-9(18-11)6-8-4-3-5-17-8/h8H,3-6H2,1-2H3. The Balaban J connectivity index is 2.21. The van der Waals surface area contributed by atoms with E-state index in [4.69, 9.17) is 4.74 Å². The van der Waals surface area contributed by atoms with Crippen molar-refractivity contribution in [2.75, 3.05) is 13.7 Å². The van der Waals surface area contributed by atoms with Crippen LogP contribution >= 0.6 is 11.3 Å². The van der Waals surface area contributed by atoms with Gasteiger partial charge < -0.3 is 9.47 Å². The van der Waals surface area contributed by atoms with Gasteiger partial charge in [0.05, 0.1) is 18.2 Å². The third-order valence-corrected chi connectivity index (χ3v) is 3.97. The third kappa shape index (κ3) is 2.76. The number of aromatic nitrogens is 1. The molecule has 6 heteroatoms. The number of thiazole rings is 1. The molecule has 0 spiro atoms. The molecule has 0 bridgehead atoms. The van der Waals surface area contributed by atoms with Crippen molar-refractivity contribution in [1.29, 1.82) is 0 Å². The minimum atomic E-state index is -0.560. The second kappa shape index (κ2) is 5.58. The van der Waals surface area contributed by atoms with E-state index in [1.807, 2.05) is 0 Å². The molecule has 0 aliphatic carbocycles. The van der Waals surface area contributed by atoms with Gasteiger partial charge in [-0.15, -0.1) is 11.3 Å². The van der Waals surface area contributed by atoms with Crippen molar-refractivity contribution in [1.82, 2.24) is 4.98 Å². The highest BCUT2D eigenvalue weighted by Crippen LogP contribution is 2.24. The summed E-state index contributed by atoms with van der Waals surface area (Å²) in [5.41, 5.74) is 0.128. The normalized spacial score (nSPS) is 18.9. The van der Waals surface area contributed by atoms with Crippen molar-refractivity contribution in [2.45, 2.75) is 32.3 Å². The second-order valence-corrected chi connectivity index (χ2v) is 5.26. The number of Topliss-reactive ketones (excluding diaryl/α,β-unsaturated/α-hetero) is 1. The number of ether oxygens (including phenoxy) is 2. The SMILES string of the molecule is COC(=O)c1nc(CC2CCCO2)sc1C(C)=O. The van der Waals surface area contributed by atoms with E-state index < -0.39 is 5.97 Å². The quantitative estimate of drug-likeness (QED) is 0.616. The molecule has 0 amide bonds. The summed E-state index contributed by atoms with van der Waals surface area (Å²) >= 11 is 1.26. The first kappa shape index (κ1) is 13.2. The largest absolute Gasteiger partial charge is 0.464 e. The van der Waals surface area contributed by atoms with Crippen LogP contribution in [0.15, 0.2) is 0 Å². The molecule has 18 heavy (non-hydrogen) atoms. The Morgan fingerprint density at radius 2 is 2.33 bits per heavy atom. The topological polar surface area (TPSA) is 65.5 Å². The van der Waals surface area contributed by atoms with Crippen LogP contribution in [-0.2, 0) is 15.9 Å². The number of esters is 1. The van der Waals surface area contributed by atoms with E-state index in [0.717, 1.165) is 24.5 Å². The lowest BCUT2D eigenvalue weighted by atomic mass is 10.2. The van der Waals surface area contributed by atoms with Gasteiger partial charge in [-0.25, -0.2) is 9.78 Å². The Morgan fingerprint density at radius 3 is 2.89 bits per heavy atom. The maximum absolute atomic E-state index is 11.5. The molecule has 1 aliphatic rings. The summed E-state index contributed by atoms with van der Waals surface area (Å²) in [6.45, 7) is 2.20. The first-order chi connectivity index (χ1) is 8.61. The summed E-state index contributed by atoms with van der Waals surface area (Å²) < 4.78 is 10.2. The van der Waals surface area contributed by atoms with Crippen LogP contribution in [0.3, 0.4) is 0 Å². The van der Waals surface area contributed by atoms with Crippen molar-refractivity contribution in [3.63, 3.8) is 0 Å². The zero-order valence-corrected chi connectivity index (χ0v) is 11.2. The maximum atomic E-state index is 11.5. The summed E-state index contributed by atoms with van der Waals surface area (Å²) in [6, 6.07) is 0. The van der Waals surface area contributed by atoms with Crippen LogP contribution in [0.4, 0.5) is 0 Å². The average Bonchev–Trinajstić information content (AvgIpc) is 2.97. The molecule has 0 aromatic carbocycles. The molecule has 2 heterocycles. The number of hydrogen-bond donors (Lipinski definition) is 0. The highest BCUT2D eigenvalue weighted by Gasteiger charge is 2.24. The minimum absolute atomic E-state index is 0.128. The molecule has 1 unspecified atom stereocenters. The van der Waals surface area contributed by atoms with E-state index in [1.165, 1.54) is 25.4 Å². The van der Waals surface area contributed by atoms with Gasteiger partial charge in [-0.05, 0) is 12.8 Å². The van der Waals surface area contributed by atoms with Gasteiger partial charge >= 0.3 is 5.97 Å².